The molecule has 0 aliphatic heterocycles. The third-order valence-electron chi connectivity index (χ3n) is 4.37. The van der Waals surface area contributed by atoms with Crippen molar-refractivity contribution in [2.24, 2.45) is 5.10 Å². The Balaban J connectivity index is 1.73. The van der Waals surface area contributed by atoms with Crippen LogP contribution in [0.25, 0.3) is 0 Å². The Hall–Kier alpha value is -3.82. The summed E-state index contributed by atoms with van der Waals surface area (Å²) in [6.07, 6.45) is 2.88. The molecule has 34 heavy (non-hydrogen) atoms. The van der Waals surface area contributed by atoms with Crippen LogP contribution in [0, 0.1) is 0 Å². The van der Waals surface area contributed by atoms with Crippen molar-refractivity contribution in [3.05, 3.63) is 95.5 Å². The first-order chi connectivity index (χ1) is 16.3. The van der Waals surface area contributed by atoms with Gasteiger partial charge < -0.3 is 13.7 Å². The van der Waals surface area contributed by atoms with Gasteiger partial charge in [0.15, 0.2) is 17.2 Å². The predicted octanol–water partition coefficient (Wildman–Crippen LogP) is 4.45. The molecule has 0 heterocycles. The van der Waals surface area contributed by atoms with Crippen LogP contribution in [0.2, 0.25) is 5.02 Å². The maximum Gasteiger partial charge on any atom is 0.339 e. The summed E-state index contributed by atoms with van der Waals surface area (Å²) in [6, 6.07) is 16.6. The average Bonchev–Trinajstić information content (AvgIpc) is 2.83. The van der Waals surface area contributed by atoms with Crippen LogP contribution in [0.4, 0.5) is 0 Å². The van der Waals surface area contributed by atoms with Crippen molar-refractivity contribution in [2.75, 3.05) is 13.7 Å². The number of amides is 1. The number of methoxy groups -OCH3 is 1. The summed E-state index contributed by atoms with van der Waals surface area (Å²) < 4.78 is 41.1. The molecule has 0 fully saturated rings. The van der Waals surface area contributed by atoms with Crippen LogP contribution in [0.3, 0.4) is 0 Å². The Morgan fingerprint density at radius 2 is 1.79 bits per heavy atom. The van der Waals surface area contributed by atoms with Gasteiger partial charge in [-0.15, -0.1) is 0 Å². The fraction of sp³-hybridized carbons (Fsp3) is 0.0833. The van der Waals surface area contributed by atoms with Crippen molar-refractivity contribution in [1.82, 2.24) is 5.43 Å². The lowest BCUT2D eigenvalue weighted by Gasteiger charge is -2.10. The van der Waals surface area contributed by atoms with E-state index in [2.05, 4.69) is 17.1 Å². The number of ether oxygens (including phenoxy) is 2. The van der Waals surface area contributed by atoms with Crippen LogP contribution in [0.15, 0.2) is 89.4 Å². The summed E-state index contributed by atoms with van der Waals surface area (Å²) in [5.74, 6) is 0.387. The van der Waals surface area contributed by atoms with E-state index in [4.69, 9.17) is 25.3 Å². The number of carbonyl (C=O) groups excluding carboxylic acids is 1. The van der Waals surface area contributed by atoms with Crippen molar-refractivity contribution in [3.8, 4) is 17.2 Å². The zero-order valence-corrected chi connectivity index (χ0v) is 19.7. The molecule has 0 aliphatic carbocycles. The van der Waals surface area contributed by atoms with E-state index in [1.54, 1.807) is 36.4 Å². The van der Waals surface area contributed by atoms with Crippen molar-refractivity contribution in [1.29, 1.82) is 0 Å². The molecule has 0 saturated carbocycles. The molecule has 1 N–H and O–H groups in total. The second kappa shape index (κ2) is 11.4. The van der Waals surface area contributed by atoms with Crippen LogP contribution >= 0.6 is 11.6 Å². The minimum absolute atomic E-state index is 0.0424. The molecule has 3 aromatic carbocycles. The normalized spacial score (nSPS) is 11.1. The Kier molecular flexibility index (Phi) is 8.29. The van der Waals surface area contributed by atoms with Gasteiger partial charge in [0.1, 0.15) is 11.5 Å². The highest BCUT2D eigenvalue weighted by atomic mass is 35.5. The van der Waals surface area contributed by atoms with Crippen LogP contribution < -0.4 is 19.1 Å². The highest BCUT2D eigenvalue weighted by Gasteiger charge is 2.18. The monoisotopic (exact) mass is 500 g/mol. The number of hydrogen-bond acceptors (Lipinski definition) is 7. The van der Waals surface area contributed by atoms with Gasteiger partial charge in [-0.1, -0.05) is 36.4 Å². The Morgan fingerprint density at radius 1 is 1.06 bits per heavy atom. The second-order valence-electron chi connectivity index (χ2n) is 6.69. The zero-order chi connectivity index (χ0) is 24.6. The van der Waals surface area contributed by atoms with Crippen molar-refractivity contribution in [3.63, 3.8) is 0 Å². The Labute approximate surface area is 202 Å². The maximum atomic E-state index is 12.6. The molecule has 0 bridgehead atoms. The zero-order valence-electron chi connectivity index (χ0n) is 18.1. The number of rotatable bonds is 10. The summed E-state index contributed by atoms with van der Waals surface area (Å²) in [7, 11) is -2.63. The van der Waals surface area contributed by atoms with Gasteiger partial charge in [-0.2, -0.15) is 13.5 Å². The van der Waals surface area contributed by atoms with E-state index in [9.17, 15) is 13.2 Å². The molecule has 8 nitrogen and oxygen atoms in total. The molecule has 1 amide bonds. The first-order valence-corrected chi connectivity index (χ1v) is 11.7. The van der Waals surface area contributed by atoms with E-state index in [1.165, 1.54) is 49.7 Å². The number of nitrogens with zero attached hydrogens (tertiary/aromatic N) is 1. The molecule has 3 rings (SSSR count). The van der Waals surface area contributed by atoms with Crippen LogP contribution in [0.5, 0.6) is 17.2 Å². The van der Waals surface area contributed by atoms with Gasteiger partial charge in [0.05, 0.1) is 13.3 Å². The van der Waals surface area contributed by atoms with Gasteiger partial charge in [-0.05, 0) is 54.6 Å². The molecule has 0 aromatic heterocycles. The summed E-state index contributed by atoms with van der Waals surface area (Å²) in [6.45, 7) is 3.88. The molecular weight excluding hydrogens is 480 g/mol. The molecule has 0 aliphatic rings. The number of para-hydroxylation sites is 1. The van der Waals surface area contributed by atoms with E-state index >= 15 is 0 Å². The highest BCUT2D eigenvalue weighted by molar-refractivity contribution is 7.87. The van der Waals surface area contributed by atoms with Gasteiger partial charge in [0.2, 0.25) is 0 Å². The van der Waals surface area contributed by atoms with Crippen molar-refractivity contribution in [2.45, 2.75) is 4.90 Å². The fourth-order valence-corrected chi connectivity index (χ4v) is 3.81. The Morgan fingerprint density at radius 3 is 2.50 bits per heavy atom. The molecule has 0 spiro atoms. The lowest BCUT2D eigenvalue weighted by atomic mass is 10.2. The van der Waals surface area contributed by atoms with E-state index in [-0.39, 0.29) is 16.2 Å². The largest absolute Gasteiger partial charge is 0.493 e. The molecule has 3 aromatic rings. The van der Waals surface area contributed by atoms with Gasteiger partial charge in [-0.25, -0.2) is 5.43 Å². The molecule has 0 unspecified atom stereocenters. The first-order valence-electron chi connectivity index (χ1n) is 9.88. The first kappa shape index (κ1) is 24.8. The fourth-order valence-electron chi connectivity index (χ4n) is 2.73. The average molecular weight is 501 g/mol. The van der Waals surface area contributed by atoms with E-state index in [1.807, 2.05) is 0 Å². The van der Waals surface area contributed by atoms with Crippen LogP contribution in [-0.4, -0.2) is 34.3 Å². The van der Waals surface area contributed by atoms with E-state index < -0.39 is 16.0 Å². The number of hydrogen-bond donors (Lipinski definition) is 1. The number of halogens is 1. The molecule has 10 heteroatoms. The summed E-state index contributed by atoms with van der Waals surface area (Å²) in [5.41, 5.74) is 3.01. The van der Waals surface area contributed by atoms with Crippen molar-refractivity contribution >= 4 is 33.8 Å². The van der Waals surface area contributed by atoms with Crippen LogP contribution in [-0.2, 0) is 10.1 Å². The van der Waals surface area contributed by atoms with E-state index in [0.29, 0.717) is 28.7 Å². The lowest BCUT2D eigenvalue weighted by Crippen LogP contribution is -2.18. The Bertz CT molecular complexity index is 1310. The highest BCUT2D eigenvalue weighted by Crippen LogP contribution is 2.28. The summed E-state index contributed by atoms with van der Waals surface area (Å²) >= 11 is 5.81. The van der Waals surface area contributed by atoms with Gasteiger partial charge in [0, 0.05) is 16.1 Å². The SMILES string of the molecule is C=CCOc1ccc(C(=O)N/N=C/c2ccccc2OS(=O)(=O)c2ccc(Cl)cc2)cc1OC. The van der Waals surface area contributed by atoms with Crippen LogP contribution in [0.1, 0.15) is 15.9 Å². The third-order valence-corrected chi connectivity index (χ3v) is 5.87. The van der Waals surface area contributed by atoms with Gasteiger partial charge in [-0.3, -0.25) is 4.79 Å². The lowest BCUT2D eigenvalue weighted by molar-refractivity contribution is 0.0954. The van der Waals surface area contributed by atoms with E-state index in [0.717, 1.165) is 0 Å². The number of benzene rings is 3. The number of carbonyl (C=O) groups is 1. The molecular formula is C24H21ClN2O6S. The quantitative estimate of drug-likeness (QED) is 0.191. The third kappa shape index (κ3) is 6.37. The van der Waals surface area contributed by atoms with Gasteiger partial charge >= 0.3 is 10.1 Å². The second-order valence-corrected chi connectivity index (χ2v) is 8.68. The minimum atomic E-state index is -4.10. The topological polar surface area (TPSA) is 103 Å². The van der Waals surface area contributed by atoms with Crippen molar-refractivity contribution < 1.29 is 26.9 Å². The summed E-state index contributed by atoms with van der Waals surface area (Å²) in [5, 5.41) is 4.32. The molecule has 0 radical (unpaired) electrons. The maximum absolute atomic E-state index is 12.6. The smallest absolute Gasteiger partial charge is 0.339 e. The molecule has 0 atom stereocenters. The molecule has 176 valence electrons. The molecule has 0 saturated heterocycles. The van der Waals surface area contributed by atoms with Gasteiger partial charge in [0.25, 0.3) is 5.91 Å². The predicted molar refractivity (Wildman–Crippen MR) is 129 cm³/mol. The minimum Gasteiger partial charge on any atom is -0.493 e. The number of nitrogens with one attached hydrogen (secondary N) is 1. The standard InChI is InChI=1S/C24H21ClN2O6S/c1-3-14-32-22-13-8-17(15-23(22)31-2)24(28)27-26-16-18-6-4-5-7-21(18)33-34(29,30)20-11-9-19(25)10-12-20/h3-13,15-16H,1,14H2,2H3,(H,27,28)/b26-16+. The number of hydrazone groups is 1. The summed E-state index contributed by atoms with van der Waals surface area (Å²) in [4.78, 5) is 12.4.